The Morgan fingerprint density at radius 2 is 2.00 bits per heavy atom. The molecule has 1 atom stereocenters. The van der Waals surface area contributed by atoms with Gasteiger partial charge in [-0.05, 0) is 35.4 Å². The second-order valence-corrected chi connectivity index (χ2v) is 5.58. The third kappa shape index (κ3) is 4.31. The van der Waals surface area contributed by atoms with Crippen molar-refractivity contribution in [1.29, 1.82) is 0 Å². The van der Waals surface area contributed by atoms with Crippen molar-refractivity contribution in [2.75, 3.05) is 12.4 Å². The third-order valence-electron chi connectivity index (χ3n) is 3.04. The van der Waals surface area contributed by atoms with Gasteiger partial charge in [0.25, 0.3) is 0 Å². The monoisotopic (exact) mass is 348 g/mol. The highest BCUT2D eigenvalue weighted by molar-refractivity contribution is 9.10. The van der Waals surface area contributed by atoms with Crippen LogP contribution in [-0.4, -0.2) is 13.0 Å². The van der Waals surface area contributed by atoms with Gasteiger partial charge < -0.3 is 15.8 Å². The molecule has 110 valence electrons. The number of nitrogens with two attached hydrogens (primary N) is 1. The number of carbonyl (C=O) groups excluding carboxylic acids is 1. The molecule has 0 aliphatic heterocycles. The number of ether oxygens (including phenoxy) is 1. The molecule has 0 fully saturated rings. The summed E-state index contributed by atoms with van der Waals surface area (Å²) in [5, 5.41) is 3.17. The Morgan fingerprint density at radius 1 is 1.29 bits per heavy atom. The highest BCUT2D eigenvalue weighted by Crippen LogP contribution is 2.22. The summed E-state index contributed by atoms with van der Waals surface area (Å²) in [6, 6.07) is 14.6. The molecule has 1 unspecified atom stereocenters. The highest BCUT2D eigenvalue weighted by Gasteiger charge is 2.17. The van der Waals surface area contributed by atoms with Crippen LogP contribution >= 0.6 is 15.9 Å². The molecule has 5 heteroatoms. The fourth-order valence-corrected chi connectivity index (χ4v) is 2.32. The Labute approximate surface area is 132 Å². The molecule has 0 radical (unpaired) electrons. The number of amides is 1. The number of carbonyl (C=O) groups is 1. The van der Waals surface area contributed by atoms with Crippen molar-refractivity contribution >= 4 is 27.5 Å². The molecule has 2 rings (SSSR count). The molecule has 0 saturated carbocycles. The van der Waals surface area contributed by atoms with Crippen LogP contribution in [0.25, 0.3) is 0 Å². The van der Waals surface area contributed by atoms with Gasteiger partial charge in [-0.3, -0.25) is 4.79 Å². The minimum Gasteiger partial charge on any atom is -0.380 e. The van der Waals surface area contributed by atoms with Crippen molar-refractivity contribution in [2.45, 2.75) is 12.6 Å². The molecule has 2 aromatic carbocycles. The lowest BCUT2D eigenvalue weighted by atomic mass is 10.1. The molecule has 0 heterocycles. The van der Waals surface area contributed by atoms with Crippen LogP contribution in [0.3, 0.4) is 0 Å². The Morgan fingerprint density at radius 3 is 2.62 bits per heavy atom. The molecule has 2 aromatic rings. The number of hydrogen-bond donors (Lipinski definition) is 2. The van der Waals surface area contributed by atoms with Gasteiger partial charge in [0.05, 0.1) is 6.61 Å². The van der Waals surface area contributed by atoms with Crippen LogP contribution in [-0.2, 0) is 16.1 Å². The minimum atomic E-state index is -0.573. The summed E-state index contributed by atoms with van der Waals surface area (Å²) >= 11 is 3.37. The Balaban J connectivity index is 2.22. The zero-order valence-corrected chi connectivity index (χ0v) is 13.3. The molecule has 0 aliphatic carbocycles. The Kier molecular flexibility index (Phi) is 5.36. The van der Waals surface area contributed by atoms with Gasteiger partial charge in [0.2, 0.25) is 5.91 Å². The first-order chi connectivity index (χ1) is 10.1. The van der Waals surface area contributed by atoms with Crippen molar-refractivity contribution in [3.05, 3.63) is 64.1 Å². The lowest BCUT2D eigenvalue weighted by Gasteiger charge is -2.18. The largest absolute Gasteiger partial charge is 0.380 e. The van der Waals surface area contributed by atoms with Gasteiger partial charge in [0.15, 0.2) is 0 Å². The fraction of sp³-hybridized carbons (Fsp3) is 0.188. The number of methoxy groups -OCH3 is 1. The maximum atomic E-state index is 11.7. The van der Waals surface area contributed by atoms with Crippen LogP contribution < -0.4 is 11.1 Å². The van der Waals surface area contributed by atoms with Gasteiger partial charge in [0, 0.05) is 17.3 Å². The van der Waals surface area contributed by atoms with E-state index < -0.39 is 11.9 Å². The molecule has 0 spiro atoms. The van der Waals surface area contributed by atoms with Crippen molar-refractivity contribution in [3.63, 3.8) is 0 Å². The minimum absolute atomic E-state index is 0.422. The van der Waals surface area contributed by atoms with Gasteiger partial charge in [-0.25, -0.2) is 0 Å². The van der Waals surface area contributed by atoms with Crippen LogP contribution in [0.4, 0.5) is 5.69 Å². The van der Waals surface area contributed by atoms with E-state index in [1.807, 2.05) is 48.5 Å². The van der Waals surface area contributed by atoms with E-state index in [9.17, 15) is 4.79 Å². The quantitative estimate of drug-likeness (QED) is 0.842. The average Bonchev–Trinajstić information content (AvgIpc) is 2.46. The first-order valence-electron chi connectivity index (χ1n) is 6.49. The highest BCUT2D eigenvalue weighted by atomic mass is 79.9. The van der Waals surface area contributed by atoms with E-state index in [1.165, 1.54) is 0 Å². The Hall–Kier alpha value is -1.85. The maximum Gasteiger partial charge on any atom is 0.244 e. The van der Waals surface area contributed by atoms with E-state index in [2.05, 4.69) is 21.2 Å². The number of primary amides is 1. The molecule has 0 saturated heterocycles. The average molecular weight is 349 g/mol. The smallest absolute Gasteiger partial charge is 0.244 e. The van der Waals surface area contributed by atoms with E-state index in [0.29, 0.717) is 6.61 Å². The normalized spacial score (nSPS) is 11.9. The van der Waals surface area contributed by atoms with Gasteiger partial charge in [-0.15, -0.1) is 0 Å². The first-order valence-corrected chi connectivity index (χ1v) is 7.28. The van der Waals surface area contributed by atoms with Crippen LogP contribution in [0, 0.1) is 0 Å². The molecule has 0 bridgehead atoms. The topological polar surface area (TPSA) is 64.3 Å². The van der Waals surface area contributed by atoms with Gasteiger partial charge in [-0.2, -0.15) is 0 Å². The van der Waals surface area contributed by atoms with E-state index >= 15 is 0 Å². The predicted molar refractivity (Wildman–Crippen MR) is 86.9 cm³/mol. The first kappa shape index (κ1) is 15.5. The molecule has 0 aromatic heterocycles. The van der Waals surface area contributed by atoms with Crippen LogP contribution in [0.1, 0.15) is 17.2 Å². The fourth-order valence-electron chi connectivity index (χ4n) is 2.06. The second kappa shape index (κ2) is 7.24. The molecule has 0 aliphatic rings. The summed E-state index contributed by atoms with van der Waals surface area (Å²) in [6.45, 7) is 0.523. The SMILES string of the molecule is COCc1cccc(NC(C(N)=O)c2ccc(Br)cc2)c1. The van der Waals surface area contributed by atoms with E-state index in [0.717, 1.165) is 21.3 Å². The standard InChI is InChI=1S/C16H17BrN2O2/c1-21-10-11-3-2-4-14(9-11)19-15(16(18)20)12-5-7-13(17)8-6-12/h2-9,15,19H,10H2,1H3,(H2,18,20). The van der Waals surface area contributed by atoms with Crippen LogP contribution in [0.2, 0.25) is 0 Å². The molecule has 1 amide bonds. The van der Waals surface area contributed by atoms with Crippen molar-refractivity contribution in [1.82, 2.24) is 0 Å². The van der Waals surface area contributed by atoms with Gasteiger partial charge >= 0.3 is 0 Å². The lowest BCUT2D eigenvalue weighted by molar-refractivity contribution is -0.118. The molecule has 4 nitrogen and oxygen atoms in total. The zero-order valence-electron chi connectivity index (χ0n) is 11.7. The summed E-state index contributed by atoms with van der Waals surface area (Å²) in [5.74, 6) is -0.422. The van der Waals surface area contributed by atoms with E-state index in [1.54, 1.807) is 7.11 Å². The van der Waals surface area contributed by atoms with Crippen LogP contribution in [0.15, 0.2) is 53.0 Å². The number of rotatable bonds is 6. The molecule has 3 N–H and O–H groups in total. The van der Waals surface area contributed by atoms with Crippen molar-refractivity contribution in [3.8, 4) is 0 Å². The van der Waals surface area contributed by atoms with E-state index in [-0.39, 0.29) is 0 Å². The summed E-state index contributed by atoms with van der Waals surface area (Å²) < 4.78 is 6.06. The van der Waals surface area contributed by atoms with Crippen molar-refractivity contribution in [2.24, 2.45) is 5.73 Å². The summed E-state index contributed by atoms with van der Waals surface area (Å²) in [7, 11) is 1.65. The number of halogens is 1. The zero-order chi connectivity index (χ0) is 15.2. The third-order valence-corrected chi connectivity index (χ3v) is 3.57. The number of hydrogen-bond acceptors (Lipinski definition) is 3. The van der Waals surface area contributed by atoms with E-state index in [4.69, 9.17) is 10.5 Å². The number of nitrogens with one attached hydrogen (secondary N) is 1. The number of benzene rings is 2. The molecule has 21 heavy (non-hydrogen) atoms. The summed E-state index contributed by atoms with van der Waals surface area (Å²) in [4.78, 5) is 11.7. The number of anilines is 1. The summed E-state index contributed by atoms with van der Waals surface area (Å²) in [5.41, 5.74) is 8.19. The van der Waals surface area contributed by atoms with Gasteiger partial charge in [0.1, 0.15) is 6.04 Å². The Bertz CT molecular complexity index is 614. The molecular weight excluding hydrogens is 332 g/mol. The molecular formula is C16H17BrN2O2. The van der Waals surface area contributed by atoms with Gasteiger partial charge in [-0.1, -0.05) is 40.2 Å². The second-order valence-electron chi connectivity index (χ2n) is 4.66. The predicted octanol–water partition coefficient (Wildman–Crippen LogP) is 3.23. The lowest BCUT2D eigenvalue weighted by Crippen LogP contribution is -2.27. The van der Waals surface area contributed by atoms with Crippen molar-refractivity contribution < 1.29 is 9.53 Å². The van der Waals surface area contributed by atoms with Crippen LogP contribution in [0.5, 0.6) is 0 Å². The summed E-state index contributed by atoms with van der Waals surface area (Å²) in [6.07, 6.45) is 0. The maximum absolute atomic E-state index is 11.7.